The highest BCUT2D eigenvalue weighted by Crippen LogP contribution is 2.30. The summed E-state index contributed by atoms with van der Waals surface area (Å²) in [6.45, 7) is 0.472. The first-order valence-corrected chi connectivity index (χ1v) is 9.26. The van der Waals surface area contributed by atoms with Crippen LogP contribution in [0.2, 0.25) is 5.02 Å². The van der Waals surface area contributed by atoms with Crippen LogP contribution in [0, 0.1) is 0 Å². The van der Waals surface area contributed by atoms with Crippen LogP contribution in [0.1, 0.15) is 0 Å². The first-order chi connectivity index (χ1) is 13.2. The molecule has 0 aliphatic carbocycles. The van der Waals surface area contributed by atoms with Crippen LogP contribution in [-0.2, 0) is 0 Å². The van der Waals surface area contributed by atoms with E-state index in [1.165, 1.54) is 0 Å². The number of oxazole rings is 1. The van der Waals surface area contributed by atoms with Gasteiger partial charge in [0.1, 0.15) is 29.4 Å². The van der Waals surface area contributed by atoms with Crippen LogP contribution < -0.4 is 9.47 Å². The molecule has 0 fully saturated rings. The van der Waals surface area contributed by atoms with Crippen molar-refractivity contribution < 1.29 is 13.9 Å². The Morgan fingerprint density at radius 2 is 1.56 bits per heavy atom. The minimum absolute atomic E-state index is 0.452. The molecule has 0 aliphatic heterocycles. The maximum atomic E-state index is 5.90. The lowest BCUT2D eigenvalue weighted by atomic mass is 10.2. The lowest BCUT2D eigenvalue weighted by molar-refractivity contribution is 0.343. The molecule has 1 heterocycles. The van der Waals surface area contributed by atoms with Gasteiger partial charge in [0.15, 0.2) is 5.58 Å². The number of nitrogens with zero attached hydrogens (tertiary/aromatic N) is 1. The van der Waals surface area contributed by atoms with Crippen molar-refractivity contribution in [1.82, 2.24) is 4.98 Å². The van der Waals surface area contributed by atoms with E-state index >= 15 is 0 Å². The number of hydrogen-bond acceptors (Lipinski definition) is 4. The lowest BCUT2D eigenvalue weighted by Gasteiger charge is -2.04. The molecule has 0 spiro atoms. The lowest BCUT2D eigenvalue weighted by Crippen LogP contribution is -1.97. The van der Waals surface area contributed by atoms with Crippen LogP contribution in [0.5, 0.6) is 17.2 Å². The van der Waals surface area contributed by atoms with Crippen molar-refractivity contribution >= 4 is 34.3 Å². The van der Waals surface area contributed by atoms with Gasteiger partial charge in [0.25, 0.3) is 0 Å². The molecule has 0 N–H and O–H groups in total. The fraction of sp³-hybridized carbons (Fsp3) is 0.0952. The number of rotatable bonds is 6. The highest BCUT2D eigenvalue weighted by atomic mass is 35.5. The highest BCUT2D eigenvalue weighted by molar-refractivity contribution is 6.30. The molecule has 4 rings (SSSR count). The Morgan fingerprint density at radius 1 is 0.852 bits per heavy atom. The quantitative estimate of drug-likeness (QED) is 0.344. The van der Waals surface area contributed by atoms with Crippen LogP contribution >= 0.6 is 23.2 Å². The zero-order valence-electron chi connectivity index (χ0n) is 14.2. The van der Waals surface area contributed by atoms with Gasteiger partial charge in [0.2, 0.25) is 5.89 Å². The fourth-order valence-corrected chi connectivity index (χ4v) is 2.78. The van der Waals surface area contributed by atoms with Crippen molar-refractivity contribution in [2.45, 2.75) is 0 Å². The van der Waals surface area contributed by atoms with Gasteiger partial charge in [-0.1, -0.05) is 11.6 Å². The largest absolute Gasteiger partial charge is 0.492 e. The van der Waals surface area contributed by atoms with E-state index < -0.39 is 0 Å². The van der Waals surface area contributed by atoms with Crippen LogP contribution in [0.25, 0.3) is 22.6 Å². The summed E-state index contributed by atoms with van der Waals surface area (Å²) >= 11 is 11.5. The third-order valence-corrected chi connectivity index (χ3v) is 4.26. The molecule has 136 valence electrons. The molecule has 1 aromatic heterocycles. The number of hydrogen-bond donors (Lipinski definition) is 0. The number of fused-ring (bicyclic) bond motifs is 1. The number of alkyl halides is 1. The topological polar surface area (TPSA) is 44.5 Å². The molecule has 3 aromatic carbocycles. The fourth-order valence-electron chi connectivity index (χ4n) is 2.58. The van der Waals surface area contributed by atoms with Crippen molar-refractivity contribution in [3.8, 4) is 28.7 Å². The van der Waals surface area contributed by atoms with Gasteiger partial charge in [-0.3, -0.25) is 0 Å². The van der Waals surface area contributed by atoms with Crippen LogP contribution in [-0.4, -0.2) is 17.5 Å². The van der Waals surface area contributed by atoms with Gasteiger partial charge >= 0.3 is 0 Å². The molecule has 0 saturated carbocycles. The molecular weight excluding hydrogens is 385 g/mol. The molecule has 6 heteroatoms. The maximum Gasteiger partial charge on any atom is 0.227 e. The summed E-state index contributed by atoms with van der Waals surface area (Å²) in [5.41, 5.74) is 2.28. The molecule has 0 unspecified atom stereocenters. The smallest absolute Gasteiger partial charge is 0.227 e. The average molecular weight is 400 g/mol. The monoisotopic (exact) mass is 399 g/mol. The van der Waals surface area contributed by atoms with E-state index in [9.17, 15) is 0 Å². The minimum atomic E-state index is 0.452. The number of aromatic nitrogens is 1. The Hall–Kier alpha value is -2.69. The Kier molecular flexibility index (Phi) is 5.19. The van der Waals surface area contributed by atoms with Gasteiger partial charge in [0, 0.05) is 16.7 Å². The van der Waals surface area contributed by atoms with Crippen LogP contribution in [0.3, 0.4) is 0 Å². The SMILES string of the molecule is ClCCOc1ccc(-c2nc3ccc(Oc4ccc(Cl)cc4)cc3o2)cc1. The van der Waals surface area contributed by atoms with Crippen molar-refractivity contribution in [3.05, 3.63) is 71.8 Å². The Balaban J connectivity index is 1.56. The molecule has 27 heavy (non-hydrogen) atoms. The summed E-state index contributed by atoms with van der Waals surface area (Å²) in [7, 11) is 0. The predicted molar refractivity (Wildman–Crippen MR) is 107 cm³/mol. The Labute approximate surface area is 166 Å². The molecule has 4 aromatic rings. The molecule has 0 saturated heterocycles. The number of ether oxygens (including phenoxy) is 2. The van der Waals surface area contributed by atoms with Gasteiger partial charge in [-0.15, -0.1) is 11.6 Å². The molecule has 0 atom stereocenters. The van der Waals surface area contributed by atoms with E-state index in [-0.39, 0.29) is 0 Å². The second kappa shape index (κ2) is 7.91. The summed E-state index contributed by atoms with van der Waals surface area (Å²) < 4.78 is 17.2. The van der Waals surface area contributed by atoms with Gasteiger partial charge in [-0.2, -0.15) is 0 Å². The molecule has 0 radical (unpaired) electrons. The first kappa shape index (κ1) is 17.7. The summed E-state index contributed by atoms with van der Waals surface area (Å²) in [5.74, 6) is 3.11. The van der Waals surface area contributed by atoms with E-state index in [1.807, 2.05) is 54.6 Å². The van der Waals surface area contributed by atoms with E-state index in [1.54, 1.807) is 12.1 Å². The summed E-state index contributed by atoms with van der Waals surface area (Å²) in [6, 6.07) is 20.3. The summed E-state index contributed by atoms with van der Waals surface area (Å²) in [4.78, 5) is 4.53. The Morgan fingerprint density at radius 3 is 2.30 bits per heavy atom. The average Bonchev–Trinajstić information content (AvgIpc) is 3.12. The number of halogens is 2. The Bertz CT molecular complexity index is 1040. The third-order valence-electron chi connectivity index (χ3n) is 3.86. The minimum Gasteiger partial charge on any atom is -0.492 e. The third kappa shape index (κ3) is 4.18. The summed E-state index contributed by atoms with van der Waals surface area (Å²) in [6.07, 6.45) is 0. The highest BCUT2D eigenvalue weighted by Gasteiger charge is 2.10. The zero-order chi connectivity index (χ0) is 18.6. The van der Waals surface area contributed by atoms with Gasteiger partial charge < -0.3 is 13.9 Å². The van der Waals surface area contributed by atoms with E-state index in [4.69, 9.17) is 37.1 Å². The zero-order valence-corrected chi connectivity index (χ0v) is 15.7. The maximum absolute atomic E-state index is 5.90. The predicted octanol–water partition coefficient (Wildman–Crippen LogP) is 6.56. The van der Waals surface area contributed by atoms with Crippen LogP contribution in [0.4, 0.5) is 0 Å². The molecule has 0 bridgehead atoms. The normalized spacial score (nSPS) is 10.9. The van der Waals surface area contributed by atoms with Crippen molar-refractivity contribution in [2.75, 3.05) is 12.5 Å². The van der Waals surface area contributed by atoms with Crippen LogP contribution in [0.15, 0.2) is 71.1 Å². The molecular formula is C21H15Cl2NO3. The van der Waals surface area contributed by atoms with Gasteiger partial charge in [-0.05, 0) is 60.7 Å². The first-order valence-electron chi connectivity index (χ1n) is 8.34. The molecule has 4 nitrogen and oxygen atoms in total. The van der Waals surface area contributed by atoms with Crippen molar-refractivity contribution in [1.29, 1.82) is 0 Å². The van der Waals surface area contributed by atoms with Crippen molar-refractivity contribution in [2.24, 2.45) is 0 Å². The molecule has 0 amide bonds. The van der Waals surface area contributed by atoms with Gasteiger partial charge in [0.05, 0.1) is 5.88 Å². The summed E-state index contributed by atoms with van der Waals surface area (Å²) in [5, 5.41) is 0.664. The van der Waals surface area contributed by atoms with E-state index in [0.29, 0.717) is 40.5 Å². The standard InChI is InChI=1S/C21H15Cl2NO3/c22-11-12-25-16-5-1-14(2-6-16)21-24-19-10-9-18(13-20(19)27-21)26-17-7-3-15(23)4-8-17/h1-10,13H,11-12H2. The number of benzene rings is 3. The van der Waals surface area contributed by atoms with E-state index in [2.05, 4.69) is 4.98 Å². The second-order valence-corrected chi connectivity index (χ2v) is 6.58. The van der Waals surface area contributed by atoms with Gasteiger partial charge in [-0.25, -0.2) is 4.98 Å². The van der Waals surface area contributed by atoms with Crippen molar-refractivity contribution in [3.63, 3.8) is 0 Å². The second-order valence-electron chi connectivity index (χ2n) is 5.77. The van der Waals surface area contributed by atoms with E-state index in [0.717, 1.165) is 16.8 Å². The molecule has 0 aliphatic rings.